The fourth-order valence-electron chi connectivity index (χ4n) is 5.33. The number of nitro benzene ring substituents is 1. The molecule has 180 valence electrons. The molecule has 0 amide bonds. The van der Waals surface area contributed by atoms with Gasteiger partial charge in [0.25, 0.3) is 5.69 Å². The number of nitro groups is 1. The number of likely N-dealkylation sites (tertiary alicyclic amines) is 2. The third-order valence-electron chi connectivity index (χ3n) is 6.95. The highest BCUT2D eigenvalue weighted by Crippen LogP contribution is 2.23. The summed E-state index contributed by atoms with van der Waals surface area (Å²) in [4.78, 5) is 15.4. The van der Waals surface area contributed by atoms with Gasteiger partial charge in [-0.3, -0.25) is 10.1 Å². The van der Waals surface area contributed by atoms with E-state index in [-0.39, 0.29) is 10.6 Å². The van der Waals surface area contributed by atoms with Crippen molar-refractivity contribution in [3.63, 3.8) is 0 Å². The molecule has 0 spiro atoms. The summed E-state index contributed by atoms with van der Waals surface area (Å²) in [5.41, 5.74) is 2.87. The summed E-state index contributed by atoms with van der Waals surface area (Å²) in [7, 11) is 0. The lowest BCUT2D eigenvalue weighted by atomic mass is 10.0. The van der Waals surface area contributed by atoms with Crippen LogP contribution < -0.4 is 0 Å². The van der Waals surface area contributed by atoms with Gasteiger partial charge < -0.3 is 9.80 Å². The van der Waals surface area contributed by atoms with Crippen LogP contribution in [0.15, 0.2) is 54.6 Å². The Hall–Kier alpha value is -2.24. The van der Waals surface area contributed by atoms with Crippen LogP contribution in [0, 0.1) is 10.1 Å². The topological polar surface area (TPSA) is 49.6 Å². The summed E-state index contributed by atoms with van der Waals surface area (Å²) < 4.78 is 0. The average molecular weight is 452 g/mol. The molecule has 4 rings (SSSR count). The van der Waals surface area contributed by atoms with Gasteiger partial charge in [-0.15, -0.1) is 0 Å². The van der Waals surface area contributed by atoms with Crippen LogP contribution in [-0.2, 0) is 12.8 Å². The van der Waals surface area contributed by atoms with E-state index >= 15 is 0 Å². The summed E-state index contributed by atoms with van der Waals surface area (Å²) in [5.74, 6) is 0. The lowest BCUT2D eigenvalue weighted by Crippen LogP contribution is -2.31. The van der Waals surface area contributed by atoms with E-state index < -0.39 is 0 Å². The van der Waals surface area contributed by atoms with Gasteiger partial charge in [-0.1, -0.05) is 56.3 Å². The van der Waals surface area contributed by atoms with Crippen molar-refractivity contribution in [2.75, 3.05) is 26.2 Å². The van der Waals surface area contributed by atoms with Gasteiger partial charge in [0.1, 0.15) is 0 Å². The van der Waals surface area contributed by atoms with E-state index in [1.807, 2.05) is 12.1 Å². The predicted octanol–water partition coefficient (Wildman–Crippen LogP) is 6.12. The van der Waals surface area contributed by atoms with Crippen molar-refractivity contribution in [1.29, 1.82) is 0 Å². The lowest BCUT2D eigenvalue weighted by Gasteiger charge is -2.23. The zero-order valence-corrected chi connectivity index (χ0v) is 20.5. The van der Waals surface area contributed by atoms with Crippen LogP contribution in [-0.4, -0.2) is 53.0 Å². The summed E-state index contributed by atoms with van der Waals surface area (Å²) in [6.45, 7) is 9.44. The van der Waals surface area contributed by atoms with Crippen molar-refractivity contribution in [3.8, 4) is 0 Å². The van der Waals surface area contributed by atoms with Crippen molar-refractivity contribution < 1.29 is 4.92 Å². The predicted molar refractivity (Wildman–Crippen MR) is 137 cm³/mol. The van der Waals surface area contributed by atoms with E-state index in [1.54, 1.807) is 12.1 Å². The molecule has 2 aromatic rings. The molecule has 2 aliphatic rings. The largest absolute Gasteiger partial charge is 0.300 e. The summed E-state index contributed by atoms with van der Waals surface area (Å²) in [6.07, 6.45) is 10.0. The first-order valence-electron chi connectivity index (χ1n) is 12.9. The Morgan fingerprint density at radius 1 is 0.788 bits per heavy atom. The van der Waals surface area contributed by atoms with Crippen LogP contribution in [0.25, 0.3) is 0 Å². The minimum absolute atomic E-state index is 0.176. The van der Waals surface area contributed by atoms with Gasteiger partial charge in [0.15, 0.2) is 0 Å². The average Bonchev–Trinajstić information content (AvgIpc) is 3.45. The zero-order valence-electron chi connectivity index (χ0n) is 20.5. The minimum Gasteiger partial charge on any atom is -0.300 e. The smallest absolute Gasteiger partial charge is 0.269 e. The second-order valence-corrected chi connectivity index (χ2v) is 9.48. The zero-order chi connectivity index (χ0) is 23.5. The lowest BCUT2D eigenvalue weighted by molar-refractivity contribution is -0.384. The Balaban J connectivity index is 0.000000189. The summed E-state index contributed by atoms with van der Waals surface area (Å²) >= 11 is 0. The van der Waals surface area contributed by atoms with E-state index in [0.717, 1.165) is 19.0 Å². The normalized spacial score (nSPS) is 21.0. The number of nitrogens with zero attached hydrogens (tertiary/aromatic N) is 3. The molecule has 5 heteroatoms. The van der Waals surface area contributed by atoms with Gasteiger partial charge in [-0.05, 0) is 88.7 Å². The van der Waals surface area contributed by atoms with Crippen LogP contribution >= 0.6 is 0 Å². The Bertz CT molecular complexity index is 825. The van der Waals surface area contributed by atoms with E-state index in [2.05, 4.69) is 54.0 Å². The fourth-order valence-corrected chi connectivity index (χ4v) is 5.33. The van der Waals surface area contributed by atoms with Gasteiger partial charge >= 0.3 is 0 Å². The monoisotopic (exact) mass is 451 g/mol. The maximum Gasteiger partial charge on any atom is 0.269 e. The number of rotatable bonds is 9. The third-order valence-corrected chi connectivity index (χ3v) is 6.95. The molecule has 2 aliphatic heterocycles. The molecule has 2 fully saturated rings. The molecule has 0 saturated carbocycles. The van der Waals surface area contributed by atoms with E-state index in [0.29, 0.717) is 6.04 Å². The van der Waals surface area contributed by atoms with Gasteiger partial charge in [-0.2, -0.15) is 0 Å². The fraction of sp³-hybridized carbons (Fsp3) is 0.571. The standard InChI is InChI=1S/C14H20N2O2.C14H21N/c1-2-9-15-10-3-4-14(15)11-12-5-7-13(8-6-12)16(17)18;1-2-10-15-11-6-9-14(15)12-13-7-4-3-5-8-13/h5-8,14H,2-4,9-11H2,1H3;3-5,7-8,14H,2,6,9-12H2,1H3. The SMILES string of the molecule is CCCN1CCCC1Cc1ccc([N+](=O)[O-])cc1.CCCN1CCCC1Cc1ccccc1. The van der Waals surface area contributed by atoms with Crippen molar-refractivity contribution in [1.82, 2.24) is 9.80 Å². The molecular weight excluding hydrogens is 410 g/mol. The molecule has 0 aromatic heterocycles. The van der Waals surface area contributed by atoms with Crippen molar-refractivity contribution >= 4 is 5.69 Å². The molecule has 2 saturated heterocycles. The first-order valence-corrected chi connectivity index (χ1v) is 12.9. The van der Waals surface area contributed by atoms with Crippen molar-refractivity contribution in [2.24, 2.45) is 0 Å². The van der Waals surface area contributed by atoms with Crippen molar-refractivity contribution in [3.05, 3.63) is 75.8 Å². The molecular formula is C28H41N3O2. The Morgan fingerprint density at radius 3 is 1.73 bits per heavy atom. The van der Waals surface area contributed by atoms with E-state index in [4.69, 9.17) is 0 Å². The Morgan fingerprint density at radius 2 is 1.27 bits per heavy atom. The Kier molecular flexibility index (Phi) is 10.4. The molecule has 2 unspecified atom stereocenters. The molecule has 0 bridgehead atoms. The summed E-state index contributed by atoms with van der Waals surface area (Å²) in [5, 5.41) is 10.6. The maximum absolute atomic E-state index is 10.6. The highest BCUT2D eigenvalue weighted by Gasteiger charge is 2.24. The second kappa shape index (κ2) is 13.5. The molecule has 33 heavy (non-hydrogen) atoms. The highest BCUT2D eigenvalue weighted by molar-refractivity contribution is 5.33. The van der Waals surface area contributed by atoms with Gasteiger partial charge in [-0.25, -0.2) is 0 Å². The molecule has 2 atom stereocenters. The quantitative estimate of drug-likeness (QED) is 0.341. The van der Waals surface area contributed by atoms with Crippen LogP contribution in [0.2, 0.25) is 0 Å². The van der Waals surface area contributed by atoms with Gasteiger partial charge in [0.2, 0.25) is 0 Å². The van der Waals surface area contributed by atoms with Gasteiger partial charge in [0.05, 0.1) is 4.92 Å². The molecule has 2 heterocycles. The van der Waals surface area contributed by atoms with Crippen LogP contribution in [0.4, 0.5) is 5.69 Å². The van der Waals surface area contributed by atoms with E-state index in [1.165, 1.54) is 75.7 Å². The van der Waals surface area contributed by atoms with Crippen LogP contribution in [0.5, 0.6) is 0 Å². The van der Waals surface area contributed by atoms with E-state index in [9.17, 15) is 10.1 Å². The maximum atomic E-state index is 10.6. The first kappa shape index (κ1) is 25.4. The van der Waals surface area contributed by atoms with Crippen LogP contribution in [0.3, 0.4) is 0 Å². The molecule has 0 radical (unpaired) electrons. The minimum atomic E-state index is -0.345. The number of non-ortho nitro benzene ring substituents is 1. The van der Waals surface area contributed by atoms with Gasteiger partial charge in [0, 0.05) is 24.2 Å². The molecule has 0 N–H and O–H groups in total. The Labute approximate surface area is 199 Å². The molecule has 2 aromatic carbocycles. The molecule has 5 nitrogen and oxygen atoms in total. The van der Waals surface area contributed by atoms with Crippen molar-refractivity contribution in [2.45, 2.75) is 77.3 Å². The number of hydrogen-bond donors (Lipinski definition) is 0. The number of hydrogen-bond acceptors (Lipinski definition) is 4. The first-order chi connectivity index (χ1) is 16.1. The third kappa shape index (κ3) is 7.94. The number of benzene rings is 2. The molecule has 0 aliphatic carbocycles. The second-order valence-electron chi connectivity index (χ2n) is 9.48. The van der Waals surface area contributed by atoms with Crippen LogP contribution in [0.1, 0.15) is 63.5 Å². The summed E-state index contributed by atoms with van der Waals surface area (Å²) in [6, 6.07) is 19.3. The highest BCUT2D eigenvalue weighted by atomic mass is 16.6.